The van der Waals surface area contributed by atoms with Crippen molar-refractivity contribution < 1.29 is 9.31 Å². The lowest BCUT2D eigenvalue weighted by molar-refractivity contribution is -0.387. The van der Waals surface area contributed by atoms with Crippen molar-refractivity contribution in [2.75, 3.05) is 5.32 Å². The Morgan fingerprint density at radius 2 is 2.41 bits per heavy atom. The molecule has 9 nitrogen and oxygen atoms in total. The lowest BCUT2D eigenvalue weighted by atomic mass is 10.1. The van der Waals surface area contributed by atoms with Gasteiger partial charge in [-0.2, -0.15) is 14.9 Å². The largest absolute Gasteiger partial charge is 0.359 e. The molecule has 11 heteroatoms. The first-order valence-corrected chi connectivity index (χ1v) is 6.48. The molecule has 0 saturated carbocycles. The van der Waals surface area contributed by atoms with Crippen LogP contribution in [0, 0.1) is 34.2 Å². The van der Waals surface area contributed by atoms with E-state index in [4.69, 9.17) is 5.26 Å². The average Bonchev–Trinajstić information content (AvgIpc) is 3.00. The molecular formula is C11H7BrFN7O2. The standard InChI is InChI=1S/C11H7BrFN7O2/c1-5-2-7(20(21)22)9(13)8(12)10(5)15-4-6(3-14)11-16-18-19-17-11/h2,4,15H,1H3,(H,16,17,18,19). The molecule has 0 fully saturated rings. The Kier molecular flexibility index (Phi) is 4.42. The van der Waals surface area contributed by atoms with Crippen LogP contribution >= 0.6 is 15.9 Å². The Balaban J connectivity index is 2.41. The van der Waals surface area contributed by atoms with Gasteiger partial charge in [0, 0.05) is 12.3 Å². The molecule has 2 N–H and O–H groups in total. The summed E-state index contributed by atoms with van der Waals surface area (Å²) in [6.07, 6.45) is 1.25. The van der Waals surface area contributed by atoms with Crippen molar-refractivity contribution in [3.8, 4) is 6.07 Å². The number of rotatable bonds is 4. The van der Waals surface area contributed by atoms with Crippen LogP contribution in [-0.4, -0.2) is 25.5 Å². The maximum absolute atomic E-state index is 13.9. The number of allylic oxidation sites excluding steroid dienone is 1. The van der Waals surface area contributed by atoms with Crippen LogP contribution in [0.25, 0.3) is 5.57 Å². The molecule has 1 aromatic heterocycles. The Hall–Kier alpha value is -2.87. The van der Waals surface area contributed by atoms with Crippen molar-refractivity contribution in [3.63, 3.8) is 0 Å². The van der Waals surface area contributed by atoms with Gasteiger partial charge in [-0.1, -0.05) is 0 Å². The lowest BCUT2D eigenvalue weighted by Gasteiger charge is -2.09. The van der Waals surface area contributed by atoms with E-state index in [9.17, 15) is 14.5 Å². The molecule has 22 heavy (non-hydrogen) atoms. The van der Waals surface area contributed by atoms with E-state index in [0.717, 1.165) is 6.07 Å². The molecule has 0 radical (unpaired) electrons. The highest BCUT2D eigenvalue weighted by Gasteiger charge is 2.22. The van der Waals surface area contributed by atoms with Gasteiger partial charge in [0.2, 0.25) is 11.6 Å². The molecule has 0 aliphatic carbocycles. The van der Waals surface area contributed by atoms with Crippen LogP contribution in [0.2, 0.25) is 0 Å². The Bertz CT molecular complexity index is 798. The lowest BCUT2D eigenvalue weighted by Crippen LogP contribution is -2.01. The summed E-state index contributed by atoms with van der Waals surface area (Å²) in [6, 6.07) is 2.95. The zero-order valence-corrected chi connectivity index (χ0v) is 12.5. The van der Waals surface area contributed by atoms with Crippen molar-refractivity contribution in [1.29, 1.82) is 5.26 Å². The smallest absolute Gasteiger partial charge is 0.306 e. The highest BCUT2D eigenvalue weighted by atomic mass is 79.9. The Labute approximate surface area is 131 Å². The van der Waals surface area contributed by atoms with E-state index in [2.05, 4.69) is 41.9 Å². The second kappa shape index (κ2) is 6.27. The van der Waals surface area contributed by atoms with Crippen molar-refractivity contribution in [2.24, 2.45) is 0 Å². The average molecular weight is 368 g/mol. The first-order chi connectivity index (χ1) is 10.5. The number of hydrogen-bond acceptors (Lipinski definition) is 7. The number of benzene rings is 1. The number of H-pyrrole nitrogens is 1. The molecule has 0 aliphatic rings. The van der Waals surface area contributed by atoms with Crippen LogP contribution in [-0.2, 0) is 0 Å². The topological polar surface area (TPSA) is 133 Å². The minimum atomic E-state index is -1.01. The first kappa shape index (κ1) is 15.5. The first-order valence-electron chi connectivity index (χ1n) is 5.69. The number of nitrogens with one attached hydrogen (secondary N) is 2. The molecule has 2 rings (SSSR count). The predicted molar refractivity (Wildman–Crippen MR) is 76.9 cm³/mol. The second-order valence-corrected chi connectivity index (χ2v) is 4.82. The number of nitrogens with zero attached hydrogens (tertiary/aromatic N) is 5. The molecule has 0 atom stereocenters. The van der Waals surface area contributed by atoms with Gasteiger partial charge in [-0.15, -0.1) is 10.2 Å². The van der Waals surface area contributed by atoms with Crippen LogP contribution in [0.5, 0.6) is 0 Å². The van der Waals surface area contributed by atoms with Gasteiger partial charge in [0.05, 0.1) is 15.1 Å². The van der Waals surface area contributed by atoms with Crippen molar-refractivity contribution in [3.05, 3.63) is 44.1 Å². The summed E-state index contributed by atoms with van der Waals surface area (Å²) in [5.74, 6) is -0.948. The number of nitriles is 1. The van der Waals surface area contributed by atoms with E-state index >= 15 is 0 Å². The number of aryl methyl sites for hydroxylation is 1. The molecule has 0 bridgehead atoms. The number of nitro benzene ring substituents is 1. The van der Waals surface area contributed by atoms with Crippen LogP contribution in [0.3, 0.4) is 0 Å². The highest BCUT2D eigenvalue weighted by Crippen LogP contribution is 2.35. The summed E-state index contributed by atoms with van der Waals surface area (Å²) in [6.45, 7) is 1.56. The molecule has 0 amide bonds. The normalized spacial score (nSPS) is 11.1. The fraction of sp³-hybridized carbons (Fsp3) is 0.0909. The molecule has 0 saturated heterocycles. The zero-order chi connectivity index (χ0) is 16.3. The molecule has 0 aliphatic heterocycles. The Morgan fingerprint density at radius 3 is 2.95 bits per heavy atom. The molecule has 1 heterocycles. The summed E-state index contributed by atoms with van der Waals surface area (Å²) in [5, 5.41) is 35.3. The molecule has 112 valence electrons. The van der Waals surface area contributed by atoms with Gasteiger partial charge in [-0.05, 0) is 33.6 Å². The molecular weight excluding hydrogens is 361 g/mol. The number of aromatic amines is 1. The number of tetrazole rings is 1. The van der Waals surface area contributed by atoms with Crippen molar-refractivity contribution in [2.45, 2.75) is 6.92 Å². The quantitative estimate of drug-likeness (QED) is 0.480. The SMILES string of the molecule is Cc1cc([N+](=O)[O-])c(F)c(Br)c1NC=C(C#N)c1nn[nH]n1. The van der Waals surface area contributed by atoms with E-state index in [1.807, 2.05) is 6.07 Å². The van der Waals surface area contributed by atoms with E-state index in [1.54, 1.807) is 6.92 Å². The van der Waals surface area contributed by atoms with Crippen LogP contribution in [0.1, 0.15) is 11.4 Å². The van der Waals surface area contributed by atoms with Gasteiger partial charge in [0.15, 0.2) is 0 Å². The number of anilines is 1. The monoisotopic (exact) mass is 367 g/mol. The minimum absolute atomic E-state index is 0.0545. The van der Waals surface area contributed by atoms with E-state index in [1.165, 1.54) is 6.20 Å². The van der Waals surface area contributed by atoms with Gasteiger partial charge in [0.1, 0.15) is 11.6 Å². The van der Waals surface area contributed by atoms with Crippen LogP contribution in [0.15, 0.2) is 16.7 Å². The molecule has 0 unspecified atom stereocenters. The summed E-state index contributed by atoms with van der Waals surface area (Å²) >= 11 is 2.97. The third kappa shape index (κ3) is 2.91. The zero-order valence-electron chi connectivity index (χ0n) is 11.0. The fourth-order valence-corrected chi connectivity index (χ4v) is 2.24. The summed E-state index contributed by atoms with van der Waals surface area (Å²) in [5.41, 5.74) is 0.0809. The second-order valence-electron chi connectivity index (χ2n) is 4.02. The summed E-state index contributed by atoms with van der Waals surface area (Å²) in [7, 11) is 0. The maximum atomic E-state index is 13.9. The van der Waals surface area contributed by atoms with Gasteiger partial charge >= 0.3 is 5.69 Å². The fourth-order valence-electron chi connectivity index (χ4n) is 1.61. The molecule has 2 aromatic rings. The third-order valence-corrected chi connectivity index (χ3v) is 3.39. The van der Waals surface area contributed by atoms with Gasteiger partial charge < -0.3 is 5.32 Å². The number of hydrogen-bond donors (Lipinski definition) is 2. The van der Waals surface area contributed by atoms with Gasteiger partial charge in [-0.3, -0.25) is 10.1 Å². The predicted octanol–water partition coefficient (Wildman–Crippen LogP) is 2.29. The number of aromatic nitrogens is 4. The van der Waals surface area contributed by atoms with Crippen LogP contribution in [0.4, 0.5) is 15.8 Å². The van der Waals surface area contributed by atoms with E-state index < -0.39 is 16.4 Å². The Morgan fingerprint density at radius 1 is 1.68 bits per heavy atom. The van der Waals surface area contributed by atoms with Gasteiger partial charge in [0.25, 0.3) is 0 Å². The maximum Gasteiger partial charge on any atom is 0.306 e. The number of nitro groups is 1. The van der Waals surface area contributed by atoms with Crippen molar-refractivity contribution >= 4 is 32.9 Å². The van der Waals surface area contributed by atoms with Crippen LogP contribution < -0.4 is 5.32 Å². The molecule has 1 aromatic carbocycles. The van der Waals surface area contributed by atoms with E-state index in [-0.39, 0.29) is 21.6 Å². The van der Waals surface area contributed by atoms with Crippen molar-refractivity contribution in [1.82, 2.24) is 20.6 Å². The minimum Gasteiger partial charge on any atom is -0.359 e. The summed E-state index contributed by atoms with van der Waals surface area (Å²) in [4.78, 5) is 9.93. The third-order valence-electron chi connectivity index (χ3n) is 2.65. The molecule has 0 spiro atoms. The van der Waals surface area contributed by atoms with E-state index in [0.29, 0.717) is 5.56 Å². The number of halogens is 2. The van der Waals surface area contributed by atoms with Gasteiger partial charge in [-0.25, -0.2) is 0 Å². The summed E-state index contributed by atoms with van der Waals surface area (Å²) < 4.78 is 13.8. The highest BCUT2D eigenvalue weighted by molar-refractivity contribution is 9.10.